The van der Waals surface area contributed by atoms with Crippen LogP contribution in [-0.2, 0) is 20.8 Å². The summed E-state index contributed by atoms with van der Waals surface area (Å²) >= 11 is 0. The molecule has 19 heavy (non-hydrogen) atoms. The van der Waals surface area contributed by atoms with Crippen LogP contribution < -0.4 is 0 Å². The van der Waals surface area contributed by atoms with Gasteiger partial charge in [-0.05, 0) is 48.6 Å². The Bertz CT molecular complexity index is 586. The minimum Gasteiger partial charge on any atom is -0.462 e. The predicted octanol–water partition coefficient (Wildman–Crippen LogP) is 2.45. The third-order valence-corrected chi connectivity index (χ3v) is 3.24. The zero-order chi connectivity index (χ0) is 13.8. The van der Waals surface area contributed by atoms with Gasteiger partial charge in [0.2, 0.25) is 0 Å². The van der Waals surface area contributed by atoms with E-state index in [1.165, 1.54) is 11.1 Å². The molecule has 0 spiro atoms. The van der Waals surface area contributed by atoms with Gasteiger partial charge in [-0.2, -0.15) is 0 Å². The second kappa shape index (κ2) is 5.89. The summed E-state index contributed by atoms with van der Waals surface area (Å²) < 4.78 is 11.8. The Morgan fingerprint density at radius 3 is 2.68 bits per heavy atom. The second-order valence-electron chi connectivity index (χ2n) is 4.65. The van der Waals surface area contributed by atoms with Crippen molar-refractivity contribution in [2.75, 3.05) is 20.3 Å². The standard InChI is InChI=1S/C15H19NO3/c1-11-8-13-4-5-16(14(13)9-12(11)2)10-15(17)19-7-6-18-3/h4-5,8-9H,6-7,10H2,1-3H3. The second-order valence-corrected chi connectivity index (χ2v) is 4.65. The van der Waals surface area contributed by atoms with Crippen molar-refractivity contribution in [3.8, 4) is 0 Å². The topological polar surface area (TPSA) is 40.5 Å². The molecule has 0 unspecified atom stereocenters. The molecule has 2 aromatic rings. The number of hydrogen-bond acceptors (Lipinski definition) is 3. The molecule has 0 amide bonds. The summed E-state index contributed by atoms with van der Waals surface area (Å²) in [6.07, 6.45) is 1.92. The van der Waals surface area contributed by atoms with Crippen molar-refractivity contribution in [2.45, 2.75) is 20.4 Å². The molecule has 0 N–H and O–H groups in total. The lowest BCUT2D eigenvalue weighted by atomic mass is 10.1. The van der Waals surface area contributed by atoms with Crippen molar-refractivity contribution in [1.82, 2.24) is 4.57 Å². The minimum atomic E-state index is -0.243. The maximum absolute atomic E-state index is 11.7. The smallest absolute Gasteiger partial charge is 0.326 e. The number of benzene rings is 1. The average Bonchev–Trinajstić information content (AvgIpc) is 2.73. The Kier molecular flexibility index (Phi) is 4.22. The number of carbonyl (C=O) groups is 1. The molecule has 1 heterocycles. The van der Waals surface area contributed by atoms with Crippen LogP contribution in [-0.4, -0.2) is 30.9 Å². The van der Waals surface area contributed by atoms with Crippen LogP contribution in [0, 0.1) is 13.8 Å². The molecule has 102 valence electrons. The summed E-state index contributed by atoms with van der Waals surface area (Å²) in [5.74, 6) is -0.243. The van der Waals surface area contributed by atoms with Gasteiger partial charge in [-0.3, -0.25) is 4.79 Å². The summed E-state index contributed by atoms with van der Waals surface area (Å²) in [6, 6.07) is 6.26. The number of fused-ring (bicyclic) bond motifs is 1. The van der Waals surface area contributed by atoms with E-state index in [0.717, 1.165) is 10.9 Å². The molecule has 0 fully saturated rings. The summed E-state index contributed by atoms with van der Waals surface area (Å²) in [6.45, 7) is 5.12. The fraction of sp³-hybridized carbons (Fsp3) is 0.400. The van der Waals surface area contributed by atoms with E-state index in [2.05, 4.69) is 26.0 Å². The van der Waals surface area contributed by atoms with Gasteiger partial charge in [0.25, 0.3) is 0 Å². The molecule has 1 aromatic carbocycles. The number of nitrogens with zero attached hydrogens (tertiary/aromatic N) is 1. The highest BCUT2D eigenvalue weighted by Gasteiger charge is 2.08. The van der Waals surface area contributed by atoms with Crippen LogP contribution in [0.15, 0.2) is 24.4 Å². The van der Waals surface area contributed by atoms with E-state index in [4.69, 9.17) is 9.47 Å². The predicted molar refractivity (Wildman–Crippen MR) is 74.2 cm³/mol. The Labute approximate surface area is 112 Å². The van der Waals surface area contributed by atoms with Gasteiger partial charge in [-0.1, -0.05) is 0 Å². The molecule has 0 saturated carbocycles. The highest BCUT2D eigenvalue weighted by molar-refractivity contribution is 5.83. The summed E-state index contributed by atoms with van der Waals surface area (Å²) in [5.41, 5.74) is 3.54. The maximum atomic E-state index is 11.7. The number of hydrogen-bond donors (Lipinski definition) is 0. The number of aryl methyl sites for hydroxylation is 2. The molecular weight excluding hydrogens is 242 g/mol. The van der Waals surface area contributed by atoms with Gasteiger partial charge in [0.15, 0.2) is 0 Å². The Morgan fingerprint density at radius 1 is 1.21 bits per heavy atom. The van der Waals surface area contributed by atoms with E-state index in [9.17, 15) is 4.79 Å². The van der Waals surface area contributed by atoms with Gasteiger partial charge < -0.3 is 14.0 Å². The van der Waals surface area contributed by atoms with Crippen LogP contribution in [0.2, 0.25) is 0 Å². The maximum Gasteiger partial charge on any atom is 0.326 e. The Balaban J connectivity index is 2.13. The largest absolute Gasteiger partial charge is 0.462 e. The van der Waals surface area contributed by atoms with Crippen LogP contribution in [0.4, 0.5) is 0 Å². The van der Waals surface area contributed by atoms with Crippen molar-refractivity contribution in [3.63, 3.8) is 0 Å². The number of carbonyl (C=O) groups excluding carboxylic acids is 1. The number of rotatable bonds is 5. The summed E-state index contributed by atoms with van der Waals surface area (Å²) in [4.78, 5) is 11.7. The fourth-order valence-corrected chi connectivity index (χ4v) is 2.02. The van der Waals surface area contributed by atoms with E-state index in [1.807, 2.05) is 16.8 Å². The SMILES string of the molecule is COCCOC(=O)Cn1ccc2cc(C)c(C)cc21. The molecule has 1 aromatic heterocycles. The van der Waals surface area contributed by atoms with Gasteiger partial charge >= 0.3 is 5.97 Å². The van der Waals surface area contributed by atoms with Gasteiger partial charge in [0.1, 0.15) is 13.2 Å². The highest BCUT2D eigenvalue weighted by atomic mass is 16.6. The van der Waals surface area contributed by atoms with E-state index in [-0.39, 0.29) is 12.5 Å². The van der Waals surface area contributed by atoms with E-state index in [0.29, 0.717) is 13.2 Å². The first kappa shape index (κ1) is 13.6. The molecule has 2 rings (SSSR count). The van der Waals surface area contributed by atoms with Crippen LogP contribution in [0.1, 0.15) is 11.1 Å². The van der Waals surface area contributed by atoms with Crippen molar-refractivity contribution in [2.24, 2.45) is 0 Å². The number of ether oxygens (including phenoxy) is 2. The normalized spacial score (nSPS) is 10.9. The van der Waals surface area contributed by atoms with Crippen LogP contribution in [0.5, 0.6) is 0 Å². The first-order valence-electron chi connectivity index (χ1n) is 6.32. The quantitative estimate of drug-likeness (QED) is 0.613. The fourth-order valence-electron chi connectivity index (χ4n) is 2.02. The Morgan fingerprint density at radius 2 is 1.95 bits per heavy atom. The monoisotopic (exact) mass is 261 g/mol. The van der Waals surface area contributed by atoms with Gasteiger partial charge in [-0.15, -0.1) is 0 Å². The minimum absolute atomic E-state index is 0.232. The zero-order valence-corrected chi connectivity index (χ0v) is 11.6. The molecular formula is C15H19NO3. The van der Waals surface area contributed by atoms with E-state index >= 15 is 0 Å². The first-order valence-corrected chi connectivity index (χ1v) is 6.32. The van der Waals surface area contributed by atoms with Crippen LogP contribution >= 0.6 is 0 Å². The van der Waals surface area contributed by atoms with Crippen molar-refractivity contribution < 1.29 is 14.3 Å². The van der Waals surface area contributed by atoms with Crippen LogP contribution in [0.25, 0.3) is 10.9 Å². The van der Waals surface area contributed by atoms with Gasteiger partial charge in [0.05, 0.1) is 6.61 Å². The number of methoxy groups -OCH3 is 1. The lowest BCUT2D eigenvalue weighted by Crippen LogP contribution is -2.15. The van der Waals surface area contributed by atoms with Gasteiger partial charge in [0, 0.05) is 18.8 Å². The molecule has 4 heteroatoms. The van der Waals surface area contributed by atoms with E-state index in [1.54, 1.807) is 7.11 Å². The Hall–Kier alpha value is -1.81. The highest BCUT2D eigenvalue weighted by Crippen LogP contribution is 2.20. The molecule has 0 aliphatic carbocycles. The summed E-state index contributed by atoms with van der Waals surface area (Å²) in [5, 5.41) is 1.15. The molecule has 0 saturated heterocycles. The molecule has 0 aliphatic rings. The molecule has 0 aliphatic heterocycles. The average molecular weight is 261 g/mol. The van der Waals surface area contributed by atoms with Crippen molar-refractivity contribution in [3.05, 3.63) is 35.5 Å². The lowest BCUT2D eigenvalue weighted by molar-refractivity contribution is -0.145. The third kappa shape index (κ3) is 3.15. The summed E-state index contributed by atoms with van der Waals surface area (Å²) in [7, 11) is 1.58. The van der Waals surface area contributed by atoms with E-state index < -0.39 is 0 Å². The lowest BCUT2D eigenvalue weighted by Gasteiger charge is -2.07. The van der Waals surface area contributed by atoms with Gasteiger partial charge in [-0.25, -0.2) is 0 Å². The molecule has 0 radical (unpaired) electrons. The molecule has 0 bridgehead atoms. The zero-order valence-electron chi connectivity index (χ0n) is 11.6. The number of esters is 1. The van der Waals surface area contributed by atoms with Crippen molar-refractivity contribution in [1.29, 1.82) is 0 Å². The van der Waals surface area contributed by atoms with Crippen LogP contribution in [0.3, 0.4) is 0 Å². The molecule has 0 atom stereocenters. The van der Waals surface area contributed by atoms with Crippen molar-refractivity contribution >= 4 is 16.9 Å². The third-order valence-electron chi connectivity index (χ3n) is 3.24. The first-order chi connectivity index (χ1) is 9.11. The number of aromatic nitrogens is 1. The molecule has 4 nitrogen and oxygen atoms in total.